The maximum Gasteiger partial charge on any atom is 0.159 e. The molecule has 0 saturated heterocycles. The van der Waals surface area contributed by atoms with Crippen LogP contribution in [0.25, 0.3) is 0 Å². The first kappa shape index (κ1) is 12.6. The van der Waals surface area contributed by atoms with Crippen LogP contribution in [0.4, 0.5) is 8.78 Å². The van der Waals surface area contributed by atoms with Crippen LogP contribution >= 0.6 is 11.6 Å². The number of hydrogen-bond donors (Lipinski definition) is 1. The van der Waals surface area contributed by atoms with Crippen molar-refractivity contribution in [3.8, 4) is 0 Å². The van der Waals surface area contributed by atoms with Crippen LogP contribution in [0.2, 0.25) is 5.02 Å². The van der Waals surface area contributed by atoms with Gasteiger partial charge in [-0.3, -0.25) is 0 Å². The molecule has 0 radical (unpaired) electrons. The van der Waals surface area contributed by atoms with Crippen molar-refractivity contribution in [3.63, 3.8) is 0 Å². The number of rotatable bonds is 1. The Balaban J connectivity index is 2.08. The zero-order chi connectivity index (χ0) is 13.6. The predicted molar refractivity (Wildman–Crippen MR) is 69.2 cm³/mol. The summed E-state index contributed by atoms with van der Waals surface area (Å²) < 4.78 is 26.6. The van der Waals surface area contributed by atoms with Gasteiger partial charge in [-0.2, -0.15) is 0 Å². The van der Waals surface area contributed by atoms with Crippen molar-refractivity contribution in [2.24, 2.45) is 0 Å². The molecule has 2 aromatic rings. The summed E-state index contributed by atoms with van der Waals surface area (Å²) in [6, 6.07) is 9.46. The van der Waals surface area contributed by atoms with E-state index in [-0.39, 0.29) is 5.92 Å². The molecule has 1 N–H and O–H groups in total. The van der Waals surface area contributed by atoms with E-state index in [9.17, 15) is 13.9 Å². The molecule has 0 amide bonds. The summed E-state index contributed by atoms with van der Waals surface area (Å²) in [5.74, 6) is -1.93. The van der Waals surface area contributed by atoms with Gasteiger partial charge in [0, 0.05) is 10.9 Å². The molecule has 2 aromatic carbocycles. The Morgan fingerprint density at radius 1 is 1.00 bits per heavy atom. The van der Waals surface area contributed by atoms with Gasteiger partial charge in [0.25, 0.3) is 0 Å². The van der Waals surface area contributed by atoms with Gasteiger partial charge in [-0.15, -0.1) is 0 Å². The first-order valence-electron chi connectivity index (χ1n) is 5.98. The molecular weight excluding hydrogens is 270 g/mol. The first-order chi connectivity index (χ1) is 9.06. The molecule has 19 heavy (non-hydrogen) atoms. The molecule has 1 aliphatic carbocycles. The lowest BCUT2D eigenvalue weighted by Gasteiger charge is -2.12. The highest BCUT2D eigenvalue weighted by Crippen LogP contribution is 2.44. The van der Waals surface area contributed by atoms with E-state index in [4.69, 9.17) is 11.6 Å². The number of halogens is 3. The summed E-state index contributed by atoms with van der Waals surface area (Å²) in [5, 5.41) is 10.6. The van der Waals surface area contributed by atoms with Gasteiger partial charge < -0.3 is 5.11 Å². The Bertz CT molecular complexity index is 625. The molecule has 0 aromatic heterocycles. The van der Waals surface area contributed by atoms with Crippen molar-refractivity contribution in [2.45, 2.75) is 18.4 Å². The molecule has 0 saturated carbocycles. The zero-order valence-corrected chi connectivity index (χ0v) is 10.7. The Morgan fingerprint density at radius 2 is 1.58 bits per heavy atom. The highest BCUT2D eigenvalue weighted by atomic mass is 35.5. The largest absolute Gasteiger partial charge is 0.388 e. The van der Waals surface area contributed by atoms with E-state index < -0.39 is 17.7 Å². The molecule has 3 rings (SSSR count). The van der Waals surface area contributed by atoms with Gasteiger partial charge in [-0.25, -0.2) is 8.78 Å². The average Bonchev–Trinajstić information content (AvgIpc) is 2.69. The van der Waals surface area contributed by atoms with Gasteiger partial charge in [-0.05, 0) is 47.4 Å². The summed E-state index contributed by atoms with van der Waals surface area (Å²) in [6.07, 6.45) is -0.328. The highest BCUT2D eigenvalue weighted by molar-refractivity contribution is 6.30. The van der Waals surface area contributed by atoms with Gasteiger partial charge in [0.2, 0.25) is 0 Å². The fourth-order valence-corrected chi connectivity index (χ4v) is 2.78. The van der Waals surface area contributed by atoms with E-state index in [1.54, 1.807) is 12.1 Å². The van der Waals surface area contributed by atoms with Crippen LogP contribution in [0, 0.1) is 11.6 Å². The van der Waals surface area contributed by atoms with E-state index >= 15 is 0 Å². The van der Waals surface area contributed by atoms with Crippen LogP contribution in [0.1, 0.15) is 35.1 Å². The molecule has 0 bridgehead atoms. The highest BCUT2D eigenvalue weighted by Gasteiger charge is 2.32. The second-order valence-corrected chi connectivity index (χ2v) is 5.19. The van der Waals surface area contributed by atoms with Crippen LogP contribution in [0.5, 0.6) is 0 Å². The van der Waals surface area contributed by atoms with E-state index in [0.29, 0.717) is 22.6 Å². The van der Waals surface area contributed by atoms with Crippen molar-refractivity contribution in [1.29, 1.82) is 0 Å². The molecule has 4 heteroatoms. The standard InChI is InChI=1S/C15H11ClF2O/c16-9-3-1-8(2-4-9)10-7-15(19)12-6-14(18)13(17)5-11(10)12/h1-6,10,15,19H,7H2/t10-,15-/m0/s1. The predicted octanol–water partition coefficient (Wildman–Crippen LogP) is 4.19. The van der Waals surface area contributed by atoms with Crippen molar-refractivity contribution < 1.29 is 13.9 Å². The van der Waals surface area contributed by atoms with Gasteiger partial charge >= 0.3 is 0 Å². The van der Waals surface area contributed by atoms with Crippen molar-refractivity contribution in [2.75, 3.05) is 0 Å². The van der Waals surface area contributed by atoms with Gasteiger partial charge in [-0.1, -0.05) is 23.7 Å². The number of hydrogen-bond acceptors (Lipinski definition) is 1. The third-order valence-corrected chi connectivity index (χ3v) is 3.84. The smallest absolute Gasteiger partial charge is 0.159 e. The first-order valence-corrected chi connectivity index (χ1v) is 6.36. The Hall–Kier alpha value is -1.45. The topological polar surface area (TPSA) is 20.2 Å². The van der Waals surface area contributed by atoms with E-state index in [0.717, 1.165) is 11.6 Å². The lowest BCUT2D eigenvalue weighted by Crippen LogP contribution is -1.97. The van der Waals surface area contributed by atoms with Crippen LogP contribution < -0.4 is 0 Å². The summed E-state index contributed by atoms with van der Waals surface area (Å²) in [6.45, 7) is 0. The number of aliphatic hydroxyl groups is 1. The minimum Gasteiger partial charge on any atom is -0.388 e. The summed E-state index contributed by atoms with van der Waals surface area (Å²) in [5.41, 5.74) is 2.06. The van der Waals surface area contributed by atoms with Gasteiger partial charge in [0.05, 0.1) is 6.10 Å². The minimum atomic E-state index is -0.922. The number of fused-ring (bicyclic) bond motifs is 1. The third-order valence-electron chi connectivity index (χ3n) is 3.59. The summed E-state index contributed by atoms with van der Waals surface area (Å²) in [7, 11) is 0. The van der Waals surface area contributed by atoms with Crippen LogP contribution in [0.3, 0.4) is 0 Å². The maximum atomic E-state index is 13.4. The average molecular weight is 281 g/mol. The lowest BCUT2D eigenvalue weighted by molar-refractivity contribution is 0.176. The summed E-state index contributed by atoms with van der Waals surface area (Å²) in [4.78, 5) is 0. The molecular formula is C15H11ClF2O. The number of benzene rings is 2. The third kappa shape index (κ3) is 2.13. The Morgan fingerprint density at radius 3 is 2.21 bits per heavy atom. The second-order valence-electron chi connectivity index (χ2n) is 4.75. The van der Waals surface area contributed by atoms with Crippen molar-refractivity contribution in [3.05, 3.63) is 69.7 Å². The molecule has 98 valence electrons. The van der Waals surface area contributed by atoms with Crippen molar-refractivity contribution in [1.82, 2.24) is 0 Å². The second kappa shape index (κ2) is 4.58. The van der Waals surface area contributed by atoms with Crippen LogP contribution in [-0.4, -0.2) is 5.11 Å². The molecule has 0 aliphatic heterocycles. The van der Waals surface area contributed by atoms with Crippen molar-refractivity contribution >= 4 is 11.6 Å². The lowest BCUT2D eigenvalue weighted by atomic mass is 9.93. The molecule has 0 unspecified atom stereocenters. The Kier molecular flexibility index (Phi) is 3.03. The van der Waals surface area contributed by atoms with Crippen LogP contribution in [-0.2, 0) is 0 Å². The zero-order valence-electron chi connectivity index (χ0n) is 9.91. The molecule has 0 spiro atoms. The molecule has 0 fully saturated rings. The van der Waals surface area contributed by atoms with Gasteiger partial charge in [0.15, 0.2) is 11.6 Å². The van der Waals surface area contributed by atoms with Gasteiger partial charge in [0.1, 0.15) is 0 Å². The number of aliphatic hydroxyl groups excluding tert-OH is 1. The van der Waals surface area contributed by atoms with E-state index in [1.165, 1.54) is 6.07 Å². The monoisotopic (exact) mass is 280 g/mol. The van der Waals surface area contributed by atoms with Crippen LogP contribution in [0.15, 0.2) is 36.4 Å². The molecule has 1 aliphatic rings. The van der Waals surface area contributed by atoms with E-state index in [2.05, 4.69) is 0 Å². The molecule has 0 heterocycles. The fourth-order valence-electron chi connectivity index (χ4n) is 2.66. The fraction of sp³-hybridized carbons (Fsp3) is 0.200. The Labute approximate surface area is 114 Å². The minimum absolute atomic E-state index is 0.127. The van der Waals surface area contributed by atoms with E-state index in [1.807, 2.05) is 12.1 Å². The normalized spacial score (nSPS) is 21.5. The molecule has 1 nitrogen and oxygen atoms in total. The maximum absolute atomic E-state index is 13.4. The molecule has 2 atom stereocenters. The summed E-state index contributed by atoms with van der Waals surface area (Å²) >= 11 is 5.83. The SMILES string of the molecule is O[C@H]1C[C@@H](c2ccc(Cl)cc2)c2cc(F)c(F)cc21. The quantitative estimate of drug-likeness (QED) is 0.830.